The molecular weight excluding hydrogens is 598 g/mol. The number of hydrogen-bond acceptors (Lipinski definition) is 11. The third-order valence-corrected chi connectivity index (χ3v) is 9.46. The molecule has 4 aromatic heterocycles. The Bertz CT molecular complexity index is 1770. The van der Waals surface area contributed by atoms with Crippen molar-refractivity contribution in [1.29, 1.82) is 0 Å². The number of ether oxygens (including phenoxy) is 2. The van der Waals surface area contributed by atoms with Crippen LogP contribution in [0.2, 0.25) is 0 Å². The molecule has 4 aromatic rings. The molecule has 238 valence electrons. The normalized spacial score (nSPS) is 19.0. The number of nitrogens with zero attached hydrogens (tertiary/aromatic N) is 8. The van der Waals surface area contributed by atoms with Gasteiger partial charge in [-0.15, -0.1) is 0 Å². The minimum absolute atomic E-state index is 0.0160. The minimum atomic E-state index is -3.67. The van der Waals surface area contributed by atoms with Gasteiger partial charge in [-0.3, -0.25) is 14.1 Å². The van der Waals surface area contributed by atoms with Gasteiger partial charge in [-0.25, -0.2) is 23.4 Å². The highest BCUT2D eigenvalue weighted by molar-refractivity contribution is 7.92. The first-order valence-electron chi connectivity index (χ1n) is 15.0. The van der Waals surface area contributed by atoms with Crippen LogP contribution in [0.4, 0.5) is 11.5 Å². The number of rotatable bonds is 9. The van der Waals surface area contributed by atoms with E-state index in [-0.39, 0.29) is 30.4 Å². The topological polar surface area (TPSA) is 158 Å². The van der Waals surface area contributed by atoms with Crippen LogP contribution in [0.3, 0.4) is 0 Å². The number of aromatic nitrogens is 6. The van der Waals surface area contributed by atoms with Crippen LogP contribution in [0.15, 0.2) is 43.0 Å². The van der Waals surface area contributed by atoms with E-state index >= 15 is 0 Å². The van der Waals surface area contributed by atoms with Gasteiger partial charge in [-0.1, -0.05) is 0 Å². The molecule has 0 bridgehead atoms. The average molecular weight is 636 g/mol. The monoisotopic (exact) mass is 635 g/mol. The lowest BCUT2D eigenvalue weighted by atomic mass is 9.93. The molecule has 1 amide bonds. The molecule has 0 atom stereocenters. The Morgan fingerprint density at radius 3 is 2.47 bits per heavy atom. The van der Waals surface area contributed by atoms with Gasteiger partial charge in [0.25, 0.3) is 5.91 Å². The Balaban J connectivity index is 1.27. The lowest BCUT2D eigenvalue weighted by Crippen LogP contribution is -2.40. The van der Waals surface area contributed by atoms with Crippen molar-refractivity contribution < 1.29 is 22.7 Å². The summed E-state index contributed by atoms with van der Waals surface area (Å²) in [5.74, 6) is 1.78. The molecule has 0 unspecified atom stereocenters. The molecule has 2 aliphatic rings. The Labute approximate surface area is 261 Å². The first kappa shape index (κ1) is 30.6. The number of aryl methyl sites for hydroxylation is 1. The molecule has 0 spiro atoms. The molecule has 0 radical (unpaired) electrons. The smallest absolute Gasteiger partial charge is 0.289 e. The van der Waals surface area contributed by atoms with E-state index in [0.717, 1.165) is 30.2 Å². The zero-order chi connectivity index (χ0) is 31.6. The second-order valence-corrected chi connectivity index (χ2v) is 13.3. The van der Waals surface area contributed by atoms with Crippen LogP contribution >= 0.6 is 0 Å². The predicted molar refractivity (Wildman–Crippen MR) is 168 cm³/mol. The quantitative estimate of drug-likeness (QED) is 0.288. The van der Waals surface area contributed by atoms with Crippen molar-refractivity contribution in [3.05, 3.63) is 60.3 Å². The largest absolute Gasteiger partial charge is 0.474 e. The molecule has 1 saturated heterocycles. The lowest BCUT2D eigenvalue weighted by molar-refractivity contribution is 0.0881. The van der Waals surface area contributed by atoms with Crippen molar-refractivity contribution >= 4 is 38.3 Å². The van der Waals surface area contributed by atoms with Crippen LogP contribution in [-0.4, -0.2) is 88.5 Å². The van der Waals surface area contributed by atoms with Crippen LogP contribution in [0, 0.1) is 6.92 Å². The zero-order valence-electron chi connectivity index (χ0n) is 25.6. The number of morpholine rings is 1. The maximum atomic E-state index is 13.0. The van der Waals surface area contributed by atoms with Gasteiger partial charge >= 0.3 is 0 Å². The summed E-state index contributed by atoms with van der Waals surface area (Å²) < 4.78 is 41.3. The number of imidazole rings is 1. The molecule has 6 rings (SSSR count). The molecule has 1 N–H and O–H groups in total. The van der Waals surface area contributed by atoms with Crippen molar-refractivity contribution in [2.45, 2.75) is 51.3 Å². The van der Waals surface area contributed by atoms with E-state index in [1.807, 2.05) is 24.6 Å². The Morgan fingerprint density at radius 2 is 1.80 bits per heavy atom. The van der Waals surface area contributed by atoms with Gasteiger partial charge in [0.1, 0.15) is 17.7 Å². The van der Waals surface area contributed by atoms with E-state index in [2.05, 4.69) is 25.2 Å². The van der Waals surface area contributed by atoms with Crippen molar-refractivity contribution in [3.63, 3.8) is 0 Å². The molecule has 0 aromatic carbocycles. The Kier molecular flexibility index (Phi) is 8.81. The number of hydrogen-bond donors (Lipinski definition) is 1. The maximum Gasteiger partial charge on any atom is 0.289 e. The van der Waals surface area contributed by atoms with E-state index in [9.17, 15) is 13.2 Å². The van der Waals surface area contributed by atoms with Gasteiger partial charge < -0.3 is 24.3 Å². The van der Waals surface area contributed by atoms with Gasteiger partial charge in [-0.05, 0) is 44.7 Å². The molecule has 1 aliphatic heterocycles. The summed E-state index contributed by atoms with van der Waals surface area (Å²) in [7, 11) is -1.81. The van der Waals surface area contributed by atoms with Gasteiger partial charge in [0.2, 0.25) is 21.7 Å². The first-order valence-corrected chi connectivity index (χ1v) is 16.8. The van der Waals surface area contributed by atoms with Crippen LogP contribution in [0.1, 0.15) is 47.8 Å². The summed E-state index contributed by atoms with van der Waals surface area (Å²) in [5.41, 5.74) is 1.81. The summed E-state index contributed by atoms with van der Waals surface area (Å²) >= 11 is 0. The Morgan fingerprint density at radius 1 is 1.07 bits per heavy atom. The molecule has 45 heavy (non-hydrogen) atoms. The number of anilines is 2. The molecule has 1 aliphatic carbocycles. The minimum Gasteiger partial charge on any atom is -0.474 e. The lowest BCUT2D eigenvalue weighted by Gasteiger charge is -2.31. The van der Waals surface area contributed by atoms with Gasteiger partial charge in [0, 0.05) is 44.6 Å². The summed E-state index contributed by atoms with van der Waals surface area (Å²) in [5, 5.41) is 3.65. The number of nitrogens with one attached hydrogen (secondary N) is 1. The van der Waals surface area contributed by atoms with Gasteiger partial charge in [0.05, 0.1) is 60.7 Å². The van der Waals surface area contributed by atoms with Crippen molar-refractivity contribution in [3.8, 4) is 5.88 Å². The van der Waals surface area contributed by atoms with Crippen LogP contribution < -0.4 is 19.3 Å². The van der Waals surface area contributed by atoms with Crippen molar-refractivity contribution in [1.82, 2.24) is 34.8 Å². The molecular formula is C30H37N9O5S. The van der Waals surface area contributed by atoms with Crippen LogP contribution in [0.25, 0.3) is 10.9 Å². The molecule has 1 saturated carbocycles. The molecule has 5 heterocycles. The fraction of sp³-hybridized carbons (Fsp3) is 0.467. The highest BCUT2D eigenvalue weighted by Crippen LogP contribution is 2.34. The molecule has 2 fully saturated rings. The number of fused-ring (bicyclic) bond motifs is 1. The average Bonchev–Trinajstić information content (AvgIpc) is 3.37. The maximum absolute atomic E-state index is 13.0. The first-order chi connectivity index (χ1) is 21.7. The highest BCUT2D eigenvalue weighted by atomic mass is 32.2. The van der Waals surface area contributed by atoms with E-state index in [1.54, 1.807) is 36.9 Å². The van der Waals surface area contributed by atoms with E-state index in [4.69, 9.17) is 19.4 Å². The zero-order valence-corrected chi connectivity index (χ0v) is 26.4. The highest BCUT2D eigenvalue weighted by Gasteiger charge is 2.27. The SMILES string of the molecule is Cc1ncc(CN(c2cnc3cc(N4CCOCC4)nc(OC4CCC(NC(=O)c5ncccn5)CC4)c3c2)S(C)(=O)=O)n1C. The van der Waals surface area contributed by atoms with Crippen LogP contribution in [0.5, 0.6) is 5.88 Å². The second kappa shape index (κ2) is 12.9. The Hall–Kier alpha value is -4.37. The van der Waals surface area contributed by atoms with Crippen molar-refractivity contribution in [2.24, 2.45) is 7.05 Å². The fourth-order valence-electron chi connectivity index (χ4n) is 5.64. The van der Waals surface area contributed by atoms with E-state index in [0.29, 0.717) is 61.6 Å². The second-order valence-electron chi connectivity index (χ2n) is 11.4. The third-order valence-electron chi connectivity index (χ3n) is 8.32. The number of carbonyl (C=O) groups excluding carboxylic acids is 1. The standard InChI is InChI=1S/C30H37N9O5S/c1-20-33-18-23(37(20)2)19-39(45(3,41)42)22-15-25-26(34-17-22)16-27(38-11-13-43-14-12-38)36-30(25)44-24-7-5-21(6-8-24)35-29(40)28-31-9-4-10-32-28/h4,9-10,15-18,21,24H,5-8,11-14,19H2,1-3H3,(H,35,40). The van der Waals surface area contributed by atoms with E-state index in [1.165, 1.54) is 10.6 Å². The summed E-state index contributed by atoms with van der Waals surface area (Å²) in [6, 6.07) is 5.34. The number of pyridine rings is 2. The number of carbonyl (C=O) groups is 1. The summed E-state index contributed by atoms with van der Waals surface area (Å²) in [6.45, 7) is 4.55. The van der Waals surface area contributed by atoms with Crippen molar-refractivity contribution in [2.75, 3.05) is 41.8 Å². The summed E-state index contributed by atoms with van der Waals surface area (Å²) in [4.78, 5) is 36.7. The third kappa shape index (κ3) is 6.99. The fourth-order valence-corrected chi connectivity index (χ4v) is 6.49. The number of sulfonamides is 1. The van der Waals surface area contributed by atoms with E-state index < -0.39 is 10.0 Å². The van der Waals surface area contributed by atoms with Gasteiger partial charge in [0.15, 0.2) is 0 Å². The van der Waals surface area contributed by atoms with Crippen LogP contribution in [-0.2, 0) is 28.4 Å². The molecule has 15 heteroatoms. The molecule has 14 nitrogen and oxygen atoms in total. The van der Waals surface area contributed by atoms with Gasteiger partial charge in [-0.2, -0.15) is 4.98 Å². The summed E-state index contributed by atoms with van der Waals surface area (Å²) in [6.07, 6.45) is 10.2. The number of amides is 1. The predicted octanol–water partition coefficient (Wildman–Crippen LogP) is 2.38.